The number of sulfonamides is 1. The molecule has 0 aliphatic carbocycles. The van der Waals surface area contributed by atoms with E-state index in [1.807, 2.05) is 25.9 Å². The zero-order valence-corrected chi connectivity index (χ0v) is 12.7. The summed E-state index contributed by atoms with van der Waals surface area (Å²) in [5.74, 6) is 0. The van der Waals surface area contributed by atoms with Crippen LogP contribution in [0.15, 0.2) is 23.1 Å². The van der Waals surface area contributed by atoms with Crippen molar-refractivity contribution >= 4 is 10.0 Å². The van der Waals surface area contributed by atoms with Crippen LogP contribution in [0.4, 0.5) is 0 Å². The highest BCUT2D eigenvalue weighted by Gasteiger charge is 2.20. The topological polar surface area (TPSA) is 69.6 Å². The maximum Gasteiger partial charge on any atom is 0.241 e. The minimum Gasteiger partial charge on any atom is -0.392 e. The molecule has 1 aromatic rings. The van der Waals surface area contributed by atoms with E-state index in [1.165, 1.54) is 0 Å². The van der Waals surface area contributed by atoms with Crippen LogP contribution in [0.25, 0.3) is 0 Å². The first kappa shape index (κ1) is 16.1. The first-order valence-electron chi connectivity index (χ1n) is 6.14. The molecule has 0 bridgehead atoms. The number of aliphatic hydroxyl groups excluding tert-OH is 1. The molecule has 0 amide bonds. The summed E-state index contributed by atoms with van der Waals surface area (Å²) in [4.78, 5) is 2.15. The predicted molar refractivity (Wildman–Crippen MR) is 75.4 cm³/mol. The van der Waals surface area contributed by atoms with Crippen molar-refractivity contribution < 1.29 is 13.5 Å². The molecular formula is C13H22N2O3S. The third kappa shape index (κ3) is 4.28. The number of nitrogens with one attached hydrogen (secondary N) is 1. The average Bonchev–Trinajstić information content (AvgIpc) is 2.26. The van der Waals surface area contributed by atoms with E-state index in [0.717, 1.165) is 0 Å². The van der Waals surface area contributed by atoms with Crippen LogP contribution in [0.3, 0.4) is 0 Å². The number of hydrogen-bond acceptors (Lipinski definition) is 4. The molecular weight excluding hydrogens is 264 g/mol. The molecule has 0 spiro atoms. The highest BCUT2D eigenvalue weighted by Crippen LogP contribution is 2.19. The second kappa shape index (κ2) is 6.47. The molecule has 0 saturated carbocycles. The number of aliphatic hydroxyl groups is 1. The lowest BCUT2D eigenvalue weighted by molar-refractivity contribution is 0.280. The van der Waals surface area contributed by atoms with Gasteiger partial charge in [0, 0.05) is 12.6 Å². The van der Waals surface area contributed by atoms with Crippen LogP contribution in [-0.4, -0.2) is 45.1 Å². The Morgan fingerprint density at radius 3 is 2.53 bits per heavy atom. The zero-order valence-electron chi connectivity index (χ0n) is 11.8. The van der Waals surface area contributed by atoms with Gasteiger partial charge in [-0.25, -0.2) is 13.1 Å². The van der Waals surface area contributed by atoms with Crippen molar-refractivity contribution in [2.24, 2.45) is 0 Å². The molecule has 1 unspecified atom stereocenters. The van der Waals surface area contributed by atoms with Gasteiger partial charge < -0.3 is 10.0 Å². The summed E-state index contributed by atoms with van der Waals surface area (Å²) in [6.45, 7) is 3.99. The van der Waals surface area contributed by atoms with E-state index < -0.39 is 10.0 Å². The van der Waals surface area contributed by atoms with E-state index in [2.05, 4.69) is 4.72 Å². The van der Waals surface area contributed by atoms with E-state index in [9.17, 15) is 13.5 Å². The van der Waals surface area contributed by atoms with Crippen LogP contribution < -0.4 is 4.72 Å². The smallest absolute Gasteiger partial charge is 0.241 e. The molecule has 0 fully saturated rings. The second-order valence-corrected chi connectivity index (χ2v) is 6.67. The normalized spacial score (nSPS) is 13.8. The summed E-state index contributed by atoms with van der Waals surface area (Å²) in [6.07, 6.45) is 0. The van der Waals surface area contributed by atoms with Gasteiger partial charge in [-0.3, -0.25) is 0 Å². The monoisotopic (exact) mass is 286 g/mol. The predicted octanol–water partition coefficient (Wildman–Crippen LogP) is 0.716. The number of hydrogen-bond donors (Lipinski definition) is 2. The van der Waals surface area contributed by atoms with Crippen LogP contribution in [0.1, 0.15) is 18.1 Å². The highest BCUT2D eigenvalue weighted by atomic mass is 32.2. The van der Waals surface area contributed by atoms with Crippen molar-refractivity contribution in [3.63, 3.8) is 0 Å². The molecule has 2 N–H and O–H groups in total. The SMILES string of the molecule is Cc1c(CO)cccc1S(=O)(=O)NC(C)CN(C)C. The summed E-state index contributed by atoms with van der Waals surface area (Å²) >= 11 is 0. The Kier molecular flexibility index (Phi) is 5.49. The first-order valence-corrected chi connectivity index (χ1v) is 7.62. The second-order valence-electron chi connectivity index (χ2n) is 4.98. The maximum absolute atomic E-state index is 12.3. The van der Waals surface area contributed by atoms with Gasteiger partial charge in [-0.1, -0.05) is 12.1 Å². The van der Waals surface area contributed by atoms with Crippen molar-refractivity contribution in [3.05, 3.63) is 29.3 Å². The Labute approximate surface area is 115 Å². The van der Waals surface area contributed by atoms with Crippen molar-refractivity contribution in [1.82, 2.24) is 9.62 Å². The first-order chi connectivity index (χ1) is 8.77. The summed E-state index contributed by atoms with van der Waals surface area (Å²) in [5, 5.41) is 9.19. The van der Waals surface area contributed by atoms with E-state index in [1.54, 1.807) is 25.1 Å². The summed E-state index contributed by atoms with van der Waals surface area (Å²) in [5.41, 5.74) is 1.22. The minimum atomic E-state index is -3.56. The summed E-state index contributed by atoms with van der Waals surface area (Å²) in [7, 11) is 0.226. The lowest BCUT2D eigenvalue weighted by Gasteiger charge is -2.19. The van der Waals surface area contributed by atoms with Crippen LogP contribution >= 0.6 is 0 Å². The van der Waals surface area contributed by atoms with Gasteiger partial charge in [0.25, 0.3) is 0 Å². The average molecular weight is 286 g/mol. The van der Waals surface area contributed by atoms with Gasteiger partial charge in [-0.05, 0) is 45.1 Å². The molecule has 0 heterocycles. The molecule has 1 aromatic carbocycles. The Morgan fingerprint density at radius 1 is 1.37 bits per heavy atom. The third-order valence-corrected chi connectivity index (χ3v) is 4.59. The lowest BCUT2D eigenvalue weighted by atomic mass is 10.1. The number of rotatable bonds is 6. The molecule has 0 saturated heterocycles. The van der Waals surface area contributed by atoms with Gasteiger partial charge in [0.2, 0.25) is 10.0 Å². The molecule has 19 heavy (non-hydrogen) atoms. The molecule has 0 aliphatic heterocycles. The van der Waals surface area contributed by atoms with Crippen molar-refractivity contribution in [2.45, 2.75) is 31.4 Å². The van der Waals surface area contributed by atoms with Crippen molar-refractivity contribution in [3.8, 4) is 0 Å². The van der Waals surface area contributed by atoms with Gasteiger partial charge in [0.1, 0.15) is 0 Å². The fourth-order valence-electron chi connectivity index (χ4n) is 2.04. The zero-order chi connectivity index (χ0) is 14.6. The quantitative estimate of drug-likeness (QED) is 0.808. The van der Waals surface area contributed by atoms with Crippen LogP contribution in [-0.2, 0) is 16.6 Å². The van der Waals surface area contributed by atoms with Gasteiger partial charge in [-0.2, -0.15) is 0 Å². The molecule has 108 valence electrons. The Morgan fingerprint density at radius 2 is 2.00 bits per heavy atom. The van der Waals surface area contributed by atoms with Crippen molar-refractivity contribution in [2.75, 3.05) is 20.6 Å². The number of nitrogens with zero attached hydrogens (tertiary/aromatic N) is 1. The maximum atomic E-state index is 12.3. The van der Waals surface area contributed by atoms with Crippen LogP contribution in [0.5, 0.6) is 0 Å². The molecule has 0 aromatic heterocycles. The largest absolute Gasteiger partial charge is 0.392 e. The fraction of sp³-hybridized carbons (Fsp3) is 0.538. The number of likely N-dealkylation sites (N-methyl/N-ethyl adjacent to an activating group) is 1. The van der Waals surface area contributed by atoms with E-state index in [-0.39, 0.29) is 17.5 Å². The Hall–Kier alpha value is -0.950. The Balaban J connectivity index is 3.01. The van der Waals surface area contributed by atoms with Gasteiger partial charge in [0.15, 0.2) is 0 Å². The van der Waals surface area contributed by atoms with Crippen LogP contribution in [0, 0.1) is 6.92 Å². The molecule has 0 aliphatic rings. The molecule has 6 heteroatoms. The molecule has 0 radical (unpaired) electrons. The van der Waals surface area contributed by atoms with Crippen LogP contribution in [0.2, 0.25) is 0 Å². The Bertz CT molecular complexity index is 527. The van der Waals surface area contributed by atoms with E-state index in [4.69, 9.17) is 0 Å². The highest BCUT2D eigenvalue weighted by molar-refractivity contribution is 7.89. The molecule has 1 rings (SSSR count). The summed E-state index contributed by atoms with van der Waals surface area (Å²) in [6, 6.07) is 4.73. The van der Waals surface area contributed by atoms with E-state index >= 15 is 0 Å². The van der Waals surface area contributed by atoms with Crippen molar-refractivity contribution in [1.29, 1.82) is 0 Å². The van der Waals surface area contributed by atoms with Gasteiger partial charge in [0.05, 0.1) is 11.5 Å². The van der Waals surface area contributed by atoms with E-state index in [0.29, 0.717) is 17.7 Å². The summed E-state index contributed by atoms with van der Waals surface area (Å²) < 4.78 is 27.2. The molecule has 5 nitrogen and oxygen atoms in total. The minimum absolute atomic E-state index is 0.164. The third-order valence-electron chi connectivity index (χ3n) is 2.85. The standard InChI is InChI=1S/C13H22N2O3S/c1-10(8-15(3)4)14-19(17,18)13-7-5-6-12(9-16)11(13)2/h5-7,10,14,16H,8-9H2,1-4H3. The number of benzene rings is 1. The van der Waals surface area contributed by atoms with Gasteiger partial charge in [-0.15, -0.1) is 0 Å². The fourth-order valence-corrected chi connectivity index (χ4v) is 3.56. The lowest BCUT2D eigenvalue weighted by Crippen LogP contribution is -2.39. The molecule has 1 atom stereocenters. The van der Waals surface area contributed by atoms with Gasteiger partial charge >= 0.3 is 0 Å².